The van der Waals surface area contributed by atoms with Crippen LogP contribution in [-0.2, 0) is 9.53 Å². The van der Waals surface area contributed by atoms with Crippen LogP contribution in [0.3, 0.4) is 0 Å². The Morgan fingerprint density at radius 2 is 2.31 bits per heavy atom. The van der Waals surface area contributed by atoms with Crippen LogP contribution in [0.4, 0.5) is 0 Å². The maximum absolute atomic E-state index is 11.1. The molecule has 0 aliphatic carbocycles. The number of carbonyl (C=O) groups excluding carboxylic acids is 1. The molecule has 0 aromatic rings. The largest absolute Gasteiger partial charge is 0.384 e. The quantitative estimate of drug-likeness (QED) is 0.496. The van der Waals surface area contributed by atoms with E-state index in [1.54, 1.807) is 18.9 Å². The molecule has 0 saturated carbocycles. The average molecular weight is 203 g/mol. The molecule has 1 amide bonds. The summed E-state index contributed by atoms with van der Waals surface area (Å²) in [7, 11) is 1.65. The van der Waals surface area contributed by atoms with Crippen molar-refractivity contribution in [2.45, 2.75) is 6.92 Å². The first kappa shape index (κ1) is 12.5. The van der Waals surface area contributed by atoms with Crippen molar-refractivity contribution in [1.29, 1.82) is 0 Å². The summed E-state index contributed by atoms with van der Waals surface area (Å²) >= 11 is 1.57. The summed E-state index contributed by atoms with van der Waals surface area (Å²) in [6, 6.07) is 0. The summed E-state index contributed by atoms with van der Waals surface area (Å²) in [5.41, 5.74) is 0.968. The van der Waals surface area contributed by atoms with E-state index in [2.05, 4.69) is 11.9 Å². The summed E-state index contributed by atoms with van der Waals surface area (Å²) in [5.74, 6) is 1.41. The molecule has 13 heavy (non-hydrogen) atoms. The van der Waals surface area contributed by atoms with E-state index >= 15 is 0 Å². The number of methoxy groups -OCH3 is 1. The van der Waals surface area contributed by atoms with Gasteiger partial charge in [-0.3, -0.25) is 4.79 Å². The fourth-order valence-electron chi connectivity index (χ4n) is 0.608. The molecule has 0 fully saturated rings. The Hall–Kier alpha value is -0.480. The van der Waals surface area contributed by atoms with Crippen LogP contribution in [0, 0.1) is 0 Å². The Morgan fingerprint density at radius 1 is 1.62 bits per heavy atom. The van der Waals surface area contributed by atoms with Crippen LogP contribution in [-0.4, -0.2) is 37.7 Å². The van der Waals surface area contributed by atoms with Gasteiger partial charge in [-0.05, 0) is 6.92 Å². The first-order valence-electron chi connectivity index (χ1n) is 4.14. The molecule has 0 rings (SSSR count). The average Bonchev–Trinajstić information content (AvgIpc) is 2.09. The second-order valence-corrected chi connectivity index (χ2v) is 3.88. The summed E-state index contributed by atoms with van der Waals surface area (Å²) in [5, 5.41) is 2.76. The zero-order valence-corrected chi connectivity index (χ0v) is 9.08. The summed E-state index contributed by atoms with van der Waals surface area (Å²) in [4.78, 5) is 11.1. The van der Waals surface area contributed by atoms with Gasteiger partial charge in [-0.2, -0.15) is 0 Å². The lowest BCUT2D eigenvalue weighted by Crippen LogP contribution is -2.26. The molecule has 1 N–H and O–H groups in total. The van der Waals surface area contributed by atoms with Gasteiger partial charge in [0, 0.05) is 19.4 Å². The monoisotopic (exact) mass is 203 g/mol. The highest BCUT2D eigenvalue weighted by Gasteiger charge is 1.99. The second-order valence-electron chi connectivity index (χ2n) is 2.78. The summed E-state index contributed by atoms with van der Waals surface area (Å²) in [6.07, 6.45) is 0. The summed E-state index contributed by atoms with van der Waals surface area (Å²) < 4.78 is 4.86. The van der Waals surface area contributed by atoms with E-state index in [0.717, 1.165) is 11.3 Å². The topological polar surface area (TPSA) is 38.3 Å². The Kier molecular flexibility index (Phi) is 7.83. The Labute approximate surface area is 83.9 Å². The van der Waals surface area contributed by atoms with Gasteiger partial charge < -0.3 is 10.1 Å². The molecule has 0 atom stereocenters. The number of thioether (sulfide) groups is 1. The number of hydrogen-bond donors (Lipinski definition) is 1. The molecule has 0 spiro atoms. The predicted octanol–water partition coefficient (Wildman–Crippen LogP) is 1.06. The number of rotatable bonds is 7. The lowest BCUT2D eigenvalue weighted by Gasteiger charge is -2.03. The minimum Gasteiger partial charge on any atom is -0.384 e. The van der Waals surface area contributed by atoms with Crippen molar-refractivity contribution in [1.82, 2.24) is 5.32 Å². The van der Waals surface area contributed by atoms with E-state index in [0.29, 0.717) is 18.9 Å². The van der Waals surface area contributed by atoms with Crippen LogP contribution in [0.15, 0.2) is 12.2 Å². The van der Waals surface area contributed by atoms with Crippen LogP contribution in [0.2, 0.25) is 0 Å². The molecule has 76 valence electrons. The lowest BCUT2D eigenvalue weighted by molar-refractivity contribution is -0.118. The highest BCUT2D eigenvalue weighted by atomic mass is 32.2. The standard InChI is InChI=1S/C9H17NO2S/c1-8(2)6-10-9(11)7-13-5-4-12-3/h1,4-7H2,2-3H3,(H,10,11). The van der Waals surface area contributed by atoms with Gasteiger partial charge in [-0.1, -0.05) is 12.2 Å². The predicted molar refractivity (Wildman–Crippen MR) is 57.0 cm³/mol. The smallest absolute Gasteiger partial charge is 0.230 e. The molecule has 0 aromatic heterocycles. The van der Waals surface area contributed by atoms with Crippen molar-refractivity contribution in [2.75, 3.05) is 31.8 Å². The Bertz CT molecular complexity index is 171. The molecule has 0 heterocycles. The zero-order valence-electron chi connectivity index (χ0n) is 8.26. The van der Waals surface area contributed by atoms with Crippen molar-refractivity contribution in [3.8, 4) is 0 Å². The highest BCUT2D eigenvalue weighted by molar-refractivity contribution is 7.99. The van der Waals surface area contributed by atoms with Gasteiger partial charge in [0.15, 0.2) is 0 Å². The van der Waals surface area contributed by atoms with Crippen molar-refractivity contribution >= 4 is 17.7 Å². The fourth-order valence-corrected chi connectivity index (χ4v) is 1.32. The molecule has 4 heteroatoms. The van der Waals surface area contributed by atoms with Crippen LogP contribution in [0.25, 0.3) is 0 Å². The molecule has 0 unspecified atom stereocenters. The van der Waals surface area contributed by atoms with E-state index in [1.165, 1.54) is 0 Å². The van der Waals surface area contributed by atoms with Crippen LogP contribution in [0.5, 0.6) is 0 Å². The lowest BCUT2D eigenvalue weighted by atomic mass is 10.3. The molecule has 0 aromatic carbocycles. The third kappa shape index (κ3) is 9.43. The minimum atomic E-state index is 0.0594. The number of amides is 1. The van der Waals surface area contributed by atoms with Gasteiger partial charge >= 0.3 is 0 Å². The van der Waals surface area contributed by atoms with E-state index in [1.807, 2.05) is 6.92 Å². The molecule has 0 aliphatic rings. The second kappa shape index (κ2) is 8.13. The molecule has 3 nitrogen and oxygen atoms in total. The van der Waals surface area contributed by atoms with Crippen LogP contribution >= 0.6 is 11.8 Å². The van der Waals surface area contributed by atoms with E-state index < -0.39 is 0 Å². The number of carbonyl (C=O) groups is 1. The van der Waals surface area contributed by atoms with Gasteiger partial charge in [-0.15, -0.1) is 11.8 Å². The SMILES string of the molecule is C=C(C)CNC(=O)CSCCOC. The number of ether oxygens (including phenoxy) is 1. The molecule has 0 aliphatic heterocycles. The van der Waals surface area contributed by atoms with E-state index in [-0.39, 0.29) is 5.91 Å². The Balaban J connectivity index is 3.25. The first-order valence-corrected chi connectivity index (χ1v) is 5.30. The minimum absolute atomic E-state index is 0.0594. The maximum Gasteiger partial charge on any atom is 0.230 e. The first-order chi connectivity index (χ1) is 6.16. The fraction of sp³-hybridized carbons (Fsp3) is 0.667. The molecular formula is C9H17NO2S. The van der Waals surface area contributed by atoms with Crippen molar-refractivity contribution in [3.05, 3.63) is 12.2 Å². The van der Waals surface area contributed by atoms with E-state index in [9.17, 15) is 4.79 Å². The van der Waals surface area contributed by atoms with Crippen LogP contribution < -0.4 is 5.32 Å². The van der Waals surface area contributed by atoms with Crippen molar-refractivity contribution in [2.24, 2.45) is 0 Å². The van der Waals surface area contributed by atoms with Gasteiger partial charge in [0.05, 0.1) is 12.4 Å². The number of hydrogen-bond acceptors (Lipinski definition) is 3. The molecule has 0 bridgehead atoms. The summed E-state index contributed by atoms with van der Waals surface area (Å²) in [6.45, 7) is 6.85. The highest BCUT2D eigenvalue weighted by Crippen LogP contribution is 1.98. The third-order valence-corrected chi connectivity index (χ3v) is 2.17. The van der Waals surface area contributed by atoms with Gasteiger partial charge in [0.2, 0.25) is 5.91 Å². The molecule has 0 radical (unpaired) electrons. The van der Waals surface area contributed by atoms with Crippen molar-refractivity contribution in [3.63, 3.8) is 0 Å². The maximum atomic E-state index is 11.1. The Morgan fingerprint density at radius 3 is 2.85 bits per heavy atom. The van der Waals surface area contributed by atoms with Crippen LogP contribution in [0.1, 0.15) is 6.92 Å². The van der Waals surface area contributed by atoms with Gasteiger partial charge in [0.25, 0.3) is 0 Å². The van der Waals surface area contributed by atoms with Gasteiger partial charge in [-0.25, -0.2) is 0 Å². The normalized spacial score (nSPS) is 9.69. The zero-order chi connectivity index (χ0) is 10.1. The van der Waals surface area contributed by atoms with Crippen molar-refractivity contribution < 1.29 is 9.53 Å². The van der Waals surface area contributed by atoms with Gasteiger partial charge in [0.1, 0.15) is 0 Å². The molecular weight excluding hydrogens is 186 g/mol. The molecule has 0 saturated heterocycles. The number of nitrogens with one attached hydrogen (secondary N) is 1. The third-order valence-electron chi connectivity index (χ3n) is 1.25. The van der Waals surface area contributed by atoms with E-state index in [4.69, 9.17) is 4.74 Å².